The third-order valence-corrected chi connectivity index (χ3v) is 6.96. The lowest BCUT2D eigenvalue weighted by atomic mass is 10.1. The second-order valence-electron chi connectivity index (χ2n) is 8.10. The quantitative estimate of drug-likeness (QED) is 0.437. The van der Waals surface area contributed by atoms with Crippen molar-refractivity contribution >= 4 is 28.5 Å². The highest BCUT2D eigenvalue weighted by atomic mass is 32.2. The zero-order valence-electron chi connectivity index (χ0n) is 18.0. The Hall–Kier alpha value is -2.72. The molecular formula is C22H26FN5O3S. The van der Waals surface area contributed by atoms with Gasteiger partial charge < -0.3 is 20.5 Å². The molecule has 1 amide bonds. The summed E-state index contributed by atoms with van der Waals surface area (Å²) in [6.45, 7) is 1.04. The predicted molar refractivity (Wildman–Crippen MR) is 122 cm³/mol. The third kappa shape index (κ3) is 5.18. The van der Waals surface area contributed by atoms with Crippen LogP contribution in [0.3, 0.4) is 0 Å². The number of thioether (sulfide) groups is 1. The van der Waals surface area contributed by atoms with Crippen molar-refractivity contribution in [1.29, 1.82) is 0 Å². The maximum atomic E-state index is 14.6. The average Bonchev–Trinajstić information content (AvgIpc) is 3.71. The van der Waals surface area contributed by atoms with Gasteiger partial charge in [0, 0.05) is 25.8 Å². The van der Waals surface area contributed by atoms with Crippen molar-refractivity contribution in [3.05, 3.63) is 47.7 Å². The first-order chi connectivity index (χ1) is 15.4. The summed E-state index contributed by atoms with van der Waals surface area (Å²) in [5.41, 5.74) is 7.03. The Balaban J connectivity index is 1.44. The number of methoxy groups -OCH3 is 1. The topological polar surface area (TPSA) is 112 Å². The van der Waals surface area contributed by atoms with E-state index in [1.807, 2.05) is 0 Å². The lowest BCUT2D eigenvalue weighted by Gasteiger charge is -2.16. The summed E-state index contributed by atoms with van der Waals surface area (Å²) >= 11 is 1.40. The Morgan fingerprint density at radius 2 is 2.19 bits per heavy atom. The molecule has 0 aliphatic heterocycles. The molecule has 10 heteroatoms. The molecule has 2 aliphatic rings. The number of benzene rings is 1. The van der Waals surface area contributed by atoms with Gasteiger partial charge in [0.05, 0.1) is 30.4 Å². The Labute approximate surface area is 190 Å². The van der Waals surface area contributed by atoms with Crippen LogP contribution in [-0.2, 0) is 4.74 Å². The SMILES string of the molecule is CN=C(N)S[C@@]1(COC)C[C@H]1c1cc(NC(=O)c2cnc(OCC3CC3)cn2)ccc1F. The Morgan fingerprint density at radius 1 is 1.38 bits per heavy atom. The molecule has 32 heavy (non-hydrogen) atoms. The first-order valence-corrected chi connectivity index (χ1v) is 11.2. The molecule has 0 radical (unpaired) electrons. The van der Waals surface area contributed by atoms with Gasteiger partial charge in [-0.2, -0.15) is 0 Å². The third-order valence-electron chi connectivity index (χ3n) is 5.60. The van der Waals surface area contributed by atoms with E-state index in [1.54, 1.807) is 20.2 Å². The number of aliphatic imine (C=N–C) groups is 1. The van der Waals surface area contributed by atoms with E-state index in [9.17, 15) is 9.18 Å². The van der Waals surface area contributed by atoms with E-state index in [0.717, 1.165) is 0 Å². The van der Waals surface area contributed by atoms with E-state index in [0.29, 0.717) is 47.9 Å². The maximum absolute atomic E-state index is 14.6. The van der Waals surface area contributed by atoms with Crippen LogP contribution in [0.15, 0.2) is 35.6 Å². The number of carbonyl (C=O) groups is 1. The van der Waals surface area contributed by atoms with Crippen LogP contribution < -0.4 is 15.8 Å². The van der Waals surface area contributed by atoms with Crippen LogP contribution in [0.2, 0.25) is 0 Å². The first kappa shape index (κ1) is 22.5. The number of aromatic nitrogens is 2. The van der Waals surface area contributed by atoms with E-state index in [4.69, 9.17) is 15.2 Å². The lowest BCUT2D eigenvalue weighted by molar-refractivity contribution is 0.102. The molecule has 2 atom stereocenters. The fourth-order valence-electron chi connectivity index (χ4n) is 3.56. The van der Waals surface area contributed by atoms with E-state index in [2.05, 4.69) is 20.3 Å². The molecule has 1 heterocycles. The number of carbonyl (C=O) groups excluding carboxylic acids is 1. The largest absolute Gasteiger partial charge is 0.476 e. The fraction of sp³-hybridized carbons (Fsp3) is 0.455. The van der Waals surface area contributed by atoms with Gasteiger partial charge in [0.1, 0.15) is 11.5 Å². The van der Waals surface area contributed by atoms with Crippen molar-refractivity contribution in [2.24, 2.45) is 16.6 Å². The van der Waals surface area contributed by atoms with Crippen LogP contribution in [0, 0.1) is 11.7 Å². The van der Waals surface area contributed by atoms with Crippen molar-refractivity contribution in [3.8, 4) is 5.88 Å². The Bertz CT molecular complexity index is 1020. The van der Waals surface area contributed by atoms with Gasteiger partial charge in [-0.15, -0.1) is 0 Å². The van der Waals surface area contributed by atoms with Crippen LogP contribution in [0.4, 0.5) is 10.1 Å². The summed E-state index contributed by atoms with van der Waals surface area (Å²) in [5.74, 6) is 0.126. The van der Waals surface area contributed by atoms with Crippen molar-refractivity contribution < 1.29 is 18.7 Å². The first-order valence-electron chi connectivity index (χ1n) is 10.4. The number of ether oxygens (including phenoxy) is 2. The summed E-state index contributed by atoms with van der Waals surface area (Å²) in [7, 11) is 3.22. The number of amides is 1. The molecule has 3 N–H and O–H groups in total. The number of nitrogens with one attached hydrogen (secondary N) is 1. The number of hydrogen-bond acceptors (Lipinski definition) is 7. The molecule has 2 aliphatic carbocycles. The monoisotopic (exact) mass is 459 g/mol. The average molecular weight is 460 g/mol. The summed E-state index contributed by atoms with van der Waals surface area (Å²) in [6, 6.07) is 4.52. The minimum atomic E-state index is -0.431. The minimum Gasteiger partial charge on any atom is -0.476 e. The second kappa shape index (κ2) is 9.41. The van der Waals surface area contributed by atoms with Crippen LogP contribution >= 0.6 is 11.8 Å². The van der Waals surface area contributed by atoms with Crippen molar-refractivity contribution in [1.82, 2.24) is 9.97 Å². The highest BCUT2D eigenvalue weighted by Gasteiger charge is 2.57. The van der Waals surface area contributed by atoms with Gasteiger partial charge in [0.15, 0.2) is 5.17 Å². The molecule has 0 spiro atoms. The predicted octanol–water partition coefficient (Wildman–Crippen LogP) is 3.21. The zero-order valence-corrected chi connectivity index (χ0v) is 18.8. The molecule has 1 aromatic carbocycles. The van der Waals surface area contributed by atoms with Gasteiger partial charge in [-0.1, -0.05) is 11.8 Å². The van der Waals surface area contributed by atoms with Gasteiger partial charge >= 0.3 is 0 Å². The highest BCUT2D eigenvalue weighted by molar-refractivity contribution is 8.15. The van der Waals surface area contributed by atoms with Gasteiger partial charge in [-0.25, -0.2) is 14.4 Å². The minimum absolute atomic E-state index is 0.104. The molecule has 0 bridgehead atoms. The molecule has 1 aromatic heterocycles. The molecule has 8 nitrogen and oxygen atoms in total. The Morgan fingerprint density at radius 3 is 2.84 bits per heavy atom. The van der Waals surface area contributed by atoms with Crippen molar-refractivity contribution in [2.45, 2.75) is 29.9 Å². The molecule has 170 valence electrons. The second-order valence-corrected chi connectivity index (χ2v) is 9.54. The summed E-state index contributed by atoms with van der Waals surface area (Å²) in [6.07, 6.45) is 5.87. The number of rotatable bonds is 9. The van der Waals surface area contributed by atoms with Crippen LogP contribution in [-0.4, -0.2) is 53.2 Å². The number of nitrogens with two attached hydrogens (primary N) is 1. The molecule has 0 unspecified atom stereocenters. The summed E-state index contributed by atoms with van der Waals surface area (Å²) in [4.78, 5) is 24.9. The molecule has 0 saturated heterocycles. The van der Waals surface area contributed by atoms with E-state index in [-0.39, 0.29) is 22.2 Å². The van der Waals surface area contributed by atoms with Crippen molar-refractivity contribution in [3.63, 3.8) is 0 Å². The Kier molecular flexibility index (Phi) is 6.61. The van der Waals surface area contributed by atoms with E-state index >= 15 is 0 Å². The van der Waals surface area contributed by atoms with E-state index < -0.39 is 5.91 Å². The fourth-order valence-corrected chi connectivity index (χ4v) is 4.76. The standard InChI is InChI=1S/C22H26FN5O3S/c1-25-21(24)32-22(12-30-2)8-16(22)15-7-14(5-6-17(15)23)28-20(29)18-9-27-19(10-26-18)31-11-13-3-4-13/h5-7,9-10,13,16H,3-4,8,11-12H2,1-2H3,(H2,24,25)(H,28,29)/t16-,22+/m0/s1. The number of hydrogen-bond donors (Lipinski definition) is 2. The molecular weight excluding hydrogens is 433 g/mol. The highest BCUT2D eigenvalue weighted by Crippen LogP contribution is 2.61. The summed E-state index contributed by atoms with van der Waals surface area (Å²) in [5, 5.41) is 3.19. The number of halogens is 1. The molecule has 4 rings (SSSR count). The smallest absolute Gasteiger partial charge is 0.275 e. The van der Waals surface area contributed by atoms with Gasteiger partial charge in [0.2, 0.25) is 5.88 Å². The lowest BCUT2D eigenvalue weighted by Crippen LogP contribution is -2.21. The van der Waals surface area contributed by atoms with Crippen LogP contribution in [0.1, 0.15) is 41.2 Å². The molecule has 2 fully saturated rings. The van der Waals surface area contributed by atoms with Gasteiger partial charge in [0.25, 0.3) is 5.91 Å². The van der Waals surface area contributed by atoms with Crippen LogP contribution in [0.5, 0.6) is 5.88 Å². The number of nitrogens with zero attached hydrogens (tertiary/aromatic N) is 3. The summed E-state index contributed by atoms with van der Waals surface area (Å²) < 4.78 is 25.2. The van der Waals surface area contributed by atoms with Crippen LogP contribution in [0.25, 0.3) is 0 Å². The van der Waals surface area contributed by atoms with E-state index in [1.165, 1.54) is 49.1 Å². The normalized spacial score (nSPS) is 22.5. The van der Waals surface area contributed by atoms with Crippen molar-refractivity contribution in [2.75, 3.05) is 32.7 Å². The maximum Gasteiger partial charge on any atom is 0.275 e. The van der Waals surface area contributed by atoms with Gasteiger partial charge in [-0.3, -0.25) is 9.79 Å². The zero-order chi connectivity index (χ0) is 22.7. The number of anilines is 1. The number of amidine groups is 1. The van der Waals surface area contributed by atoms with Gasteiger partial charge in [-0.05, 0) is 48.9 Å². The molecule has 2 saturated carbocycles. The molecule has 2 aromatic rings.